The summed E-state index contributed by atoms with van der Waals surface area (Å²) in [6, 6.07) is 9.35. The van der Waals surface area contributed by atoms with Crippen molar-refractivity contribution in [3.63, 3.8) is 0 Å². The molecule has 1 aromatic heterocycles. The van der Waals surface area contributed by atoms with Crippen LogP contribution in [0.25, 0.3) is 6.08 Å². The molecule has 2 aromatic rings. The van der Waals surface area contributed by atoms with Gasteiger partial charge in [-0.1, -0.05) is 17.7 Å². The summed E-state index contributed by atoms with van der Waals surface area (Å²) in [7, 11) is 2.12. The predicted octanol–water partition coefficient (Wildman–Crippen LogP) is 3.14. The highest BCUT2D eigenvalue weighted by Gasteiger charge is 2.17. The number of aromatic nitrogens is 1. The van der Waals surface area contributed by atoms with Gasteiger partial charge in [0.15, 0.2) is 0 Å². The Morgan fingerprint density at radius 1 is 1.24 bits per heavy atom. The van der Waals surface area contributed by atoms with Gasteiger partial charge in [-0.05, 0) is 43.0 Å². The third-order valence-corrected chi connectivity index (χ3v) is 4.41. The van der Waals surface area contributed by atoms with Crippen LogP contribution in [0.15, 0.2) is 48.8 Å². The predicted molar refractivity (Wildman–Crippen MR) is 103 cm³/mol. The molecule has 3 rings (SSSR count). The molecular weight excluding hydrogens is 336 g/mol. The Labute approximate surface area is 152 Å². The average molecular weight is 357 g/mol. The number of likely N-dealkylation sites (N-methyl/N-ethyl adjacent to an activating group) is 1. The molecule has 0 spiro atoms. The van der Waals surface area contributed by atoms with E-state index in [2.05, 4.69) is 27.1 Å². The lowest BCUT2D eigenvalue weighted by Crippen LogP contribution is -2.44. The Balaban J connectivity index is 1.74. The fraction of sp³-hybridized carbons (Fsp3) is 0.263. The molecule has 0 unspecified atom stereocenters. The van der Waals surface area contributed by atoms with Gasteiger partial charge in [0.2, 0.25) is 5.91 Å². The van der Waals surface area contributed by atoms with E-state index in [-0.39, 0.29) is 5.91 Å². The number of piperazine rings is 1. The third kappa shape index (κ3) is 4.81. The summed E-state index contributed by atoms with van der Waals surface area (Å²) in [6.45, 7) is 3.84. The minimum absolute atomic E-state index is 0.193. The summed E-state index contributed by atoms with van der Waals surface area (Å²) >= 11 is 6.13. The summed E-state index contributed by atoms with van der Waals surface area (Å²) in [6.07, 6.45) is 6.65. The van der Waals surface area contributed by atoms with Gasteiger partial charge in [0.1, 0.15) is 0 Å². The van der Waals surface area contributed by atoms with E-state index in [4.69, 9.17) is 11.6 Å². The maximum absolute atomic E-state index is 12.3. The van der Waals surface area contributed by atoms with Crippen LogP contribution in [-0.4, -0.2) is 49.0 Å². The topological polar surface area (TPSA) is 48.5 Å². The van der Waals surface area contributed by atoms with Gasteiger partial charge in [0.05, 0.1) is 11.4 Å². The van der Waals surface area contributed by atoms with Crippen molar-refractivity contribution in [3.05, 3.63) is 59.4 Å². The first-order chi connectivity index (χ1) is 12.1. The lowest BCUT2D eigenvalue weighted by Gasteiger charge is -2.35. The number of rotatable bonds is 4. The zero-order valence-corrected chi connectivity index (χ0v) is 14.9. The van der Waals surface area contributed by atoms with E-state index < -0.39 is 0 Å². The molecule has 1 aliphatic heterocycles. The van der Waals surface area contributed by atoms with Gasteiger partial charge < -0.3 is 15.1 Å². The van der Waals surface area contributed by atoms with Gasteiger partial charge >= 0.3 is 0 Å². The van der Waals surface area contributed by atoms with Crippen molar-refractivity contribution in [2.24, 2.45) is 0 Å². The van der Waals surface area contributed by atoms with Crippen LogP contribution < -0.4 is 10.2 Å². The van der Waals surface area contributed by atoms with Gasteiger partial charge in [0, 0.05) is 49.7 Å². The summed E-state index contributed by atoms with van der Waals surface area (Å²) in [4.78, 5) is 20.9. The first-order valence-corrected chi connectivity index (χ1v) is 8.62. The molecule has 25 heavy (non-hydrogen) atoms. The van der Waals surface area contributed by atoms with Crippen molar-refractivity contribution in [1.29, 1.82) is 0 Å². The van der Waals surface area contributed by atoms with Crippen LogP contribution >= 0.6 is 11.6 Å². The molecule has 6 heteroatoms. The summed E-state index contributed by atoms with van der Waals surface area (Å²) < 4.78 is 0. The summed E-state index contributed by atoms with van der Waals surface area (Å²) in [5.74, 6) is -0.193. The zero-order chi connectivity index (χ0) is 17.6. The Hall–Kier alpha value is -2.37. The number of hydrogen-bond donors (Lipinski definition) is 1. The molecule has 1 amide bonds. The Morgan fingerprint density at radius 2 is 2.04 bits per heavy atom. The normalized spacial score (nSPS) is 15.5. The molecule has 0 atom stereocenters. The minimum Gasteiger partial charge on any atom is -0.367 e. The first kappa shape index (κ1) is 17.5. The fourth-order valence-corrected chi connectivity index (χ4v) is 2.92. The molecule has 1 fully saturated rings. The van der Waals surface area contributed by atoms with Gasteiger partial charge in [-0.25, -0.2) is 0 Å². The van der Waals surface area contributed by atoms with Crippen LogP contribution in [0.4, 0.5) is 11.4 Å². The van der Waals surface area contributed by atoms with Crippen molar-refractivity contribution < 1.29 is 4.79 Å². The van der Waals surface area contributed by atoms with Gasteiger partial charge in [-0.2, -0.15) is 0 Å². The van der Waals surface area contributed by atoms with Crippen LogP contribution in [0.1, 0.15) is 5.56 Å². The second kappa shape index (κ2) is 8.14. The van der Waals surface area contributed by atoms with Gasteiger partial charge in [-0.15, -0.1) is 0 Å². The Morgan fingerprint density at radius 3 is 2.76 bits per heavy atom. The number of pyridine rings is 1. The van der Waals surface area contributed by atoms with Crippen molar-refractivity contribution in [2.45, 2.75) is 0 Å². The fourth-order valence-electron chi connectivity index (χ4n) is 2.75. The third-order valence-electron chi connectivity index (χ3n) is 4.17. The smallest absolute Gasteiger partial charge is 0.248 e. The molecule has 2 heterocycles. The number of hydrogen-bond acceptors (Lipinski definition) is 4. The minimum atomic E-state index is -0.193. The van der Waals surface area contributed by atoms with E-state index >= 15 is 0 Å². The Kier molecular flexibility index (Phi) is 5.68. The lowest BCUT2D eigenvalue weighted by atomic mass is 10.2. The summed E-state index contributed by atoms with van der Waals surface area (Å²) in [5.41, 5.74) is 2.61. The van der Waals surface area contributed by atoms with Crippen molar-refractivity contribution in [3.8, 4) is 0 Å². The number of halogens is 1. The monoisotopic (exact) mass is 356 g/mol. The molecule has 1 N–H and O–H groups in total. The van der Waals surface area contributed by atoms with Gasteiger partial charge in [-0.3, -0.25) is 9.78 Å². The highest BCUT2D eigenvalue weighted by molar-refractivity contribution is 6.31. The average Bonchev–Trinajstić information content (AvgIpc) is 2.62. The van der Waals surface area contributed by atoms with Crippen molar-refractivity contribution >= 4 is 35.0 Å². The number of nitrogens with one attached hydrogen (secondary N) is 1. The number of anilines is 2. The second-order valence-electron chi connectivity index (χ2n) is 6.06. The molecule has 0 aliphatic carbocycles. The largest absolute Gasteiger partial charge is 0.367 e. The van der Waals surface area contributed by atoms with E-state index in [1.807, 2.05) is 24.3 Å². The van der Waals surface area contributed by atoms with Crippen LogP contribution in [-0.2, 0) is 4.79 Å². The number of nitrogens with zero attached hydrogens (tertiary/aromatic N) is 3. The number of carbonyl (C=O) groups is 1. The second-order valence-corrected chi connectivity index (χ2v) is 6.50. The first-order valence-electron chi connectivity index (χ1n) is 8.24. The van der Waals surface area contributed by atoms with Crippen LogP contribution in [0.5, 0.6) is 0 Å². The maximum Gasteiger partial charge on any atom is 0.248 e. The van der Waals surface area contributed by atoms with Crippen molar-refractivity contribution in [2.75, 3.05) is 43.4 Å². The number of carbonyl (C=O) groups excluding carboxylic acids is 1. The molecule has 1 aromatic carbocycles. The van der Waals surface area contributed by atoms with Crippen molar-refractivity contribution in [1.82, 2.24) is 9.88 Å². The van der Waals surface area contributed by atoms with Crippen LogP contribution in [0.3, 0.4) is 0 Å². The van der Waals surface area contributed by atoms with Crippen LogP contribution in [0.2, 0.25) is 5.02 Å². The van der Waals surface area contributed by atoms with E-state index in [9.17, 15) is 4.79 Å². The molecule has 1 aliphatic rings. The quantitative estimate of drug-likeness (QED) is 0.855. The standard InChI is InChI=1S/C19H21ClN4O/c1-23-9-11-24(12-10-23)18-6-5-16(20)13-17(18)22-19(25)7-4-15-3-2-8-21-14-15/h2-8,13-14H,9-12H2,1H3,(H,22,25). The number of amides is 1. The van der Waals surface area contributed by atoms with E-state index in [1.54, 1.807) is 24.5 Å². The molecule has 0 radical (unpaired) electrons. The molecule has 130 valence electrons. The Bertz CT molecular complexity index is 755. The number of benzene rings is 1. The van der Waals surface area contributed by atoms with E-state index in [0.29, 0.717) is 5.02 Å². The van der Waals surface area contributed by atoms with Crippen LogP contribution in [0, 0.1) is 0 Å². The lowest BCUT2D eigenvalue weighted by molar-refractivity contribution is -0.111. The molecule has 0 saturated carbocycles. The highest BCUT2D eigenvalue weighted by atomic mass is 35.5. The molecule has 1 saturated heterocycles. The molecule has 0 bridgehead atoms. The van der Waals surface area contributed by atoms with E-state index in [1.165, 1.54) is 6.08 Å². The molecule has 5 nitrogen and oxygen atoms in total. The van der Waals surface area contributed by atoms with Gasteiger partial charge in [0.25, 0.3) is 0 Å². The summed E-state index contributed by atoms with van der Waals surface area (Å²) in [5, 5.41) is 3.55. The SMILES string of the molecule is CN1CCN(c2ccc(Cl)cc2NC(=O)C=Cc2cccnc2)CC1. The molecular formula is C19H21ClN4O. The highest BCUT2D eigenvalue weighted by Crippen LogP contribution is 2.30. The van der Waals surface area contributed by atoms with E-state index in [0.717, 1.165) is 43.1 Å². The maximum atomic E-state index is 12.3. The zero-order valence-electron chi connectivity index (χ0n) is 14.2.